The number of aryl methyl sites for hydroxylation is 1. The van der Waals surface area contributed by atoms with Crippen molar-refractivity contribution < 1.29 is 4.21 Å². The van der Waals surface area contributed by atoms with E-state index in [0.29, 0.717) is 0 Å². The molecule has 1 aromatic carbocycles. The van der Waals surface area contributed by atoms with Crippen LogP contribution in [-0.4, -0.2) is 22.3 Å². The van der Waals surface area contributed by atoms with Gasteiger partial charge >= 0.3 is 0 Å². The quantitative estimate of drug-likeness (QED) is 0.819. The van der Waals surface area contributed by atoms with Gasteiger partial charge in [0.25, 0.3) is 0 Å². The van der Waals surface area contributed by atoms with Crippen molar-refractivity contribution in [2.75, 3.05) is 18.1 Å². The molecular formula is C12H18BrNOS. The predicted molar refractivity (Wildman–Crippen MR) is 74.1 cm³/mol. The topological polar surface area (TPSA) is 29.1 Å². The summed E-state index contributed by atoms with van der Waals surface area (Å²) < 4.78 is 12.3. The van der Waals surface area contributed by atoms with Gasteiger partial charge in [0.1, 0.15) is 0 Å². The zero-order valence-corrected chi connectivity index (χ0v) is 12.2. The molecule has 0 heterocycles. The minimum Gasteiger partial charge on any atom is -0.312 e. The minimum absolute atomic E-state index is 0.668. The lowest BCUT2D eigenvalue weighted by molar-refractivity contribution is 0.673. The molecule has 2 nitrogen and oxygen atoms in total. The Hall–Kier alpha value is -0.190. The number of halogens is 1. The van der Waals surface area contributed by atoms with Crippen molar-refractivity contribution in [3.8, 4) is 0 Å². The van der Waals surface area contributed by atoms with Crippen molar-refractivity contribution in [1.82, 2.24) is 5.32 Å². The minimum atomic E-state index is -0.668. The fourth-order valence-corrected chi connectivity index (χ4v) is 2.64. The molecule has 0 bridgehead atoms. The predicted octanol–water partition coefficient (Wildman–Crippen LogP) is 2.62. The first-order chi connectivity index (χ1) is 7.63. The van der Waals surface area contributed by atoms with E-state index in [0.717, 1.165) is 29.1 Å². The van der Waals surface area contributed by atoms with Crippen molar-refractivity contribution >= 4 is 26.7 Å². The first kappa shape index (κ1) is 13.9. The molecule has 1 atom stereocenters. The van der Waals surface area contributed by atoms with Crippen LogP contribution in [0.1, 0.15) is 18.1 Å². The zero-order chi connectivity index (χ0) is 12.0. The molecular weight excluding hydrogens is 286 g/mol. The molecule has 1 rings (SSSR count). The molecule has 0 saturated carbocycles. The first-order valence-corrected chi connectivity index (χ1v) is 7.72. The highest BCUT2D eigenvalue weighted by atomic mass is 79.9. The Kier molecular flexibility index (Phi) is 6.24. The van der Waals surface area contributed by atoms with Gasteiger partial charge in [0.2, 0.25) is 0 Å². The average molecular weight is 304 g/mol. The Morgan fingerprint density at radius 1 is 1.44 bits per heavy atom. The summed E-state index contributed by atoms with van der Waals surface area (Å²) in [5, 5.41) is 3.30. The average Bonchev–Trinajstić information content (AvgIpc) is 2.26. The first-order valence-electron chi connectivity index (χ1n) is 5.44. The Morgan fingerprint density at radius 3 is 2.81 bits per heavy atom. The summed E-state index contributed by atoms with van der Waals surface area (Å²) in [4.78, 5) is 0. The van der Waals surface area contributed by atoms with Crippen LogP contribution >= 0.6 is 15.9 Å². The van der Waals surface area contributed by atoms with Crippen LogP contribution < -0.4 is 5.32 Å². The Bertz CT molecular complexity index is 368. The lowest BCUT2D eigenvalue weighted by Crippen LogP contribution is -2.20. The summed E-state index contributed by atoms with van der Waals surface area (Å²) in [6, 6.07) is 6.33. The van der Waals surface area contributed by atoms with Crippen LogP contribution in [-0.2, 0) is 17.3 Å². The number of hydrogen-bond acceptors (Lipinski definition) is 2. The van der Waals surface area contributed by atoms with Crippen molar-refractivity contribution in [3.63, 3.8) is 0 Å². The SMILES string of the molecule is CCS(=O)CCNCc1ccc(C)cc1Br. The van der Waals surface area contributed by atoms with Gasteiger partial charge in [0.15, 0.2) is 0 Å². The molecule has 1 unspecified atom stereocenters. The van der Waals surface area contributed by atoms with Crippen LogP contribution in [0, 0.1) is 6.92 Å². The van der Waals surface area contributed by atoms with E-state index in [9.17, 15) is 4.21 Å². The van der Waals surface area contributed by atoms with E-state index in [1.165, 1.54) is 11.1 Å². The normalized spacial score (nSPS) is 12.7. The van der Waals surface area contributed by atoms with Gasteiger partial charge in [-0.1, -0.05) is 35.0 Å². The highest BCUT2D eigenvalue weighted by Crippen LogP contribution is 2.17. The summed E-state index contributed by atoms with van der Waals surface area (Å²) in [6.07, 6.45) is 0. The van der Waals surface area contributed by atoms with Crippen molar-refractivity contribution in [1.29, 1.82) is 0 Å². The van der Waals surface area contributed by atoms with Crippen LogP contribution in [0.3, 0.4) is 0 Å². The second-order valence-electron chi connectivity index (χ2n) is 3.70. The van der Waals surface area contributed by atoms with E-state index in [-0.39, 0.29) is 0 Å². The van der Waals surface area contributed by atoms with Crippen molar-refractivity contribution in [2.45, 2.75) is 20.4 Å². The smallest absolute Gasteiger partial charge is 0.0360 e. The zero-order valence-electron chi connectivity index (χ0n) is 9.75. The van der Waals surface area contributed by atoms with Gasteiger partial charge in [-0.25, -0.2) is 0 Å². The van der Waals surface area contributed by atoms with E-state index < -0.39 is 10.8 Å². The standard InChI is InChI=1S/C12H18BrNOS/c1-3-16(15)7-6-14-9-11-5-4-10(2)8-12(11)13/h4-5,8,14H,3,6-7,9H2,1-2H3. The van der Waals surface area contributed by atoms with E-state index in [2.05, 4.69) is 46.4 Å². The third-order valence-electron chi connectivity index (χ3n) is 2.35. The van der Waals surface area contributed by atoms with E-state index >= 15 is 0 Å². The highest BCUT2D eigenvalue weighted by molar-refractivity contribution is 9.10. The molecule has 0 aromatic heterocycles. The van der Waals surface area contributed by atoms with E-state index in [4.69, 9.17) is 0 Å². The van der Waals surface area contributed by atoms with Crippen LogP contribution in [0.15, 0.2) is 22.7 Å². The van der Waals surface area contributed by atoms with Crippen molar-refractivity contribution in [3.05, 3.63) is 33.8 Å². The number of rotatable bonds is 6. The van der Waals surface area contributed by atoms with Crippen LogP contribution in [0.25, 0.3) is 0 Å². The molecule has 0 saturated heterocycles. The molecule has 0 aliphatic rings. The fourth-order valence-electron chi connectivity index (χ4n) is 1.35. The second-order valence-corrected chi connectivity index (χ2v) is 6.42. The number of nitrogens with one attached hydrogen (secondary N) is 1. The van der Waals surface area contributed by atoms with Gasteiger partial charge in [-0.15, -0.1) is 0 Å². The van der Waals surface area contributed by atoms with Crippen LogP contribution in [0.2, 0.25) is 0 Å². The molecule has 0 amide bonds. The van der Waals surface area contributed by atoms with Crippen LogP contribution in [0.4, 0.5) is 0 Å². The van der Waals surface area contributed by atoms with E-state index in [1.54, 1.807) is 0 Å². The van der Waals surface area contributed by atoms with Crippen molar-refractivity contribution in [2.24, 2.45) is 0 Å². The molecule has 0 fully saturated rings. The molecule has 90 valence electrons. The van der Waals surface area contributed by atoms with Gasteiger partial charge in [0, 0.05) is 39.9 Å². The third kappa shape index (κ3) is 4.76. The van der Waals surface area contributed by atoms with E-state index in [1.807, 2.05) is 6.92 Å². The maximum absolute atomic E-state index is 11.2. The molecule has 1 aromatic rings. The Balaban J connectivity index is 2.35. The largest absolute Gasteiger partial charge is 0.312 e. The lowest BCUT2D eigenvalue weighted by Gasteiger charge is -2.07. The third-order valence-corrected chi connectivity index (χ3v) is 4.39. The van der Waals surface area contributed by atoms with Gasteiger partial charge in [-0.3, -0.25) is 4.21 Å². The Morgan fingerprint density at radius 2 is 2.19 bits per heavy atom. The molecule has 0 spiro atoms. The molecule has 0 aliphatic carbocycles. The molecule has 0 radical (unpaired) electrons. The van der Waals surface area contributed by atoms with Gasteiger partial charge in [-0.05, 0) is 24.1 Å². The molecule has 4 heteroatoms. The Labute approximate surface area is 108 Å². The van der Waals surface area contributed by atoms with Crippen LogP contribution in [0.5, 0.6) is 0 Å². The fraction of sp³-hybridized carbons (Fsp3) is 0.500. The highest BCUT2D eigenvalue weighted by Gasteiger charge is 2.00. The summed E-state index contributed by atoms with van der Waals surface area (Å²) >= 11 is 3.54. The van der Waals surface area contributed by atoms with Gasteiger partial charge in [-0.2, -0.15) is 0 Å². The monoisotopic (exact) mass is 303 g/mol. The molecule has 16 heavy (non-hydrogen) atoms. The number of benzene rings is 1. The summed E-state index contributed by atoms with van der Waals surface area (Å²) in [5.41, 5.74) is 2.50. The second kappa shape index (κ2) is 7.20. The summed E-state index contributed by atoms with van der Waals surface area (Å²) in [6.45, 7) is 5.65. The maximum Gasteiger partial charge on any atom is 0.0360 e. The maximum atomic E-state index is 11.2. The molecule has 0 aliphatic heterocycles. The number of hydrogen-bond donors (Lipinski definition) is 1. The lowest BCUT2D eigenvalue weighted by atomic mass is 10.1. The summed E-state index contributed by atoms with van der Waals surface area (Å²) in [5.74, 6) is 1.48. The van der Waals surface area contributed by atoms with Gasteiger partial charge in [0.05, 0.1) is 0 Å². The molecule has 1 N–H and O–H groups in total. The summed E-state index contributed by atoms with van der Waals surface area (Å²) in [7, 11) is -0.668. The van der Waals surface area contributed by atoms with Gasteiger partial charge < -0.3 is 5.32 Å².